The van der Waals surface area contributed by atoms with E-state index in [0.29, 0.717) is 6.42 Å². The Morgan fingerprint density at radius 2 is 1.90 bits per heavy atom. The van der Waals surface area contributed by atoms with E-state index in [1.54, 1.807) is 12.1 Å². The first-order chi connectivity index (χ1) is 14.8. The molecule has 0 spiro atoms. The largest absolute Gasteiger partial charge is 0.340 e. The molecule has 2 aliphatic rings. The van der Waals surface area contributed by atoms with Gasteiger partial charge in [0, 0.05) is 42.8 Å². The van der Waals surface area contributed by atoms with Crippen LogP contribution < -0.4 is 4.90 Å². The second-order valence-corrected chi connectivity index (χ2v) is 10.8. The molecule has 0 N–H and O–H groups in total. The molecule has 7 nitrogen and oxygen atoms in total. The molecule has 0 aliphatic carbocycles. The van der Waals surface area contributed by atoms with Gasteiger partial charge < -0.3 is 9.80 Å². The molecule has 2 saturated heterocycles. The van der Waals surface area contributed by atoms with E-state index in [9.17, 15) is 26.8 Å². The highest BCUT2D eigenvalue weighted by molar-refractivity contribution is 7.91. The summed E-state index contributed by atoms with van der Waals surface area (Å²) in [5.41, 5.74) is 0.221. The molecule has 2 aliphatic heterocycles. The van der Waals surface area contributed by atoms with Gasteiger partial charge in [-0.15, -0.1) is 11.3 Å². The lowest BCUT2D eigenvalue weighted by Crippen LogP contribution is -2.43. The molecule has 1 atom stereocenters. The predicted molar refractivity (Wildman–Crippen MR) is 113 cm³/mol. The van der Waals surface area contributed by atoms with E-state index >= 15 is 0 Å². The molecule has 0 radical (unpaired) electrons. The number of carbonyl (C=O) groups is 2. The minimum atomic E-state index is -3.38. The number of nitrogens with zero attached hydrogens (tertiary/aromatic N) is 3. The van der Waals surface area contributed by atoms with Gasteiger partial charge in [-0.3, -0.25) is 9.69 Å². The molecule has 1 aromatic heterocycles. The maximum atomic E-state index is 13.5. The van der Waals surface area contributed by atoms with Crippen LogP contribution in [0.2, 0.25) is 0 Å². The molecule has 1 aromatic carbocycles. The number of thiophene rings is 1. The fraction of sp³-hybridized carbons (Fsp3) is 0.400. The topological polar surface area (TPSA) is 78.0 Å². The van der Waals surface area contributed by atoms with Crippen molar-refractivity contribution in [3.05, 3.63) is 52.2 Å². The molecule has 3 amide bonds. The monoisotopic (exact) mass is 469 g/mol. The number of amides is 3. The zero-order valence-electron chi connectivity index (χ0n) is 16.5. The highest BCUT2D eigenvalue weighted by atomic mass is 32.2. The number of sulfone groups is 1. The molecule has 0 saturated carbocycles. The Balaban J connectivity index is 1.40. The molecule has 31 heavy (non-hydrogen) atoms. The Labute approximate surface area is 182 Å². The molecular formula is C20H21F2N3O4S2. The first kappa shape index (κ1) is 21.7. The molecule has 1 unspecified atom stereocenters. The van der Waals surface area contributed by atoms with Crippen molar-refractivity contribution >= 4 is 38.8 Å². The van der Waals surface area contributed by atoms with Crippen LogP contribution in [0.25, 0.3) is 0 Å². The Morgan fingerprint density at radius 3 is 2.61 bits per heavy atom. The molecule has 3 heterocycles. The molecule has 2 fully saturated rings. The maximum Gasteiger partial charge on any atom is 0.325 e. The van der Waals surface area contributed by atoms with Gasteiger partial charge in [-0.25, -0.2) is 22.0 Å². The van der Waals surface area contributed by atoms with Crippen molar-refractivity contribution in [2.75, 3.05) is 43.4 Å². The van der Waals surface area contributed by atoms with E-state index in [-0.39, 0.29) is 50.1 Å². The van der Waals surface area contributed by atoms with Crippen molar-refractivity contribution in [1.82, 2.24) is 9.80 Å². The number of halogens is 2. The van der Waals surface area contributed by atoms with Crippen LogP contribution in [0.3, 0.4) is 0 Å². The van der Waals surface area contributed by atoms with Gasteiger partial charge in [0.05, 0.1) is 11.0 Å². The fourth-order valence-electron chi connectivity index (χ4n) is 3.87. The number of anilines is 1. The average molecular weight is 470 g/mol. The van der Waals surface area contributed by atoms with Crippen LogP contribution in [0.1, 0.15) is 16.5 Å². The van der Waals surface area contributed by atoms with Gasteiger partial charge in [0.2, 0.25) is 5.91 Å². The fourth-order valence-corrected chi connectivity index (χ4v) is 6.88. The lowest BCUT2D eigenvalue weighted by atomic mass is 10.2. The number of urea groups is 1. The SMILES string of the molecule is O=C(CN1CCN(c2ccc(F)c(F)c2)C1=O)N1CCC(c2cccs2)S(=O)(=O)CC1. The van der Waals surface area contributed by atoms with Crippen LogP contribution >= 0.6 is 11.3 Å². The Kier molecular flexibility index (Phi) is 5.98. The summed E-state index contributed by atoms with van der Waals surface area (Å²) < 4.78 is 52.0. The number of hydrogen-bond donors (Lipinski definition) is 0. The Hall–Kier alpha value is -2.53. The molecule has 0 bridgehead atoms. The van der Waals surface area contributed by atoms with Gasteiger partial charge in [0.15, 0.2) is 21.5 Å². The summed E-state index contributed by atoms with van der Waals surface area (Å²) in [6.45, 7) is 0.676. The lowest BCUT2D eigenvalue weighted by molar-refractivity contribution is -0.131. The van der Waals surface area contributed by atoms with Gasteiger partial charge >= 0.3 is 6.03 Å². The Bertz CT molecular complexity index is 1090. The zero-order valence-corrected chi connectivity index (χ0v) is 18.2. The minimum Gasteiger partial charge on any atom is -0.340 e. The quantitative estimate of drug-likeness (QED) is 0.690. The first-order valence-electron chi connectivity index (χ1n) is 9.80. The van der Waals surface area contributed by atoms with Gasteiger partial charge in [0.1, 0.15) is 6.54 Å². The van der Waals surface area contributed by atoms with Crippen molar-refractivity contribution < 1.29 is 26.8 Å². The summed E-state index contributed by atoms with van der Waals surface area (Å²) in [4.78, 5) is 30.4. The average Bonchev–Trinajstić information content (AvgIpc) is 3.33. The van der Waals surface area contributed by atoms with Crippen LogP contribution in [-0.2, 0) is 14.6 Å². The Morgan fingerprint density at radius 1 is 1.10 bits per heavy atom. The summed E-state index contributed by atoms with van der Waals surface area (Å²) in [7, 11) is -3.38. The van der Waals surface area contributed by atoms with Crippen LogP contribution in [0.4, 0.5) is 19.3 Å². The van der Waals surface area contributed by atoms with Gasteiger partial charge in [0.25, 0.3) is 0 Å². The third-order valence-corrected chi connectivity index (χ3v) is 8.83. The second-order valence-electron chi connectivity index (χ2n) is 7.49. The van der Waals surface area contributed by atoms with Crippen LogP contribution in [0.5, 0.6) is 0 Å². The summed E-state index contributed by atoms with van der Waals surface area (Å²) in [5, 5.41) is 1.21. The van der Waals surface area contributed by atoms with Crippen LogP contribution in [0.15, 0.2) is 35.7 Å². The van der Waals surface area contributed by atoms with Crippen molar-refractivity contribution in [3.8, 4) is 0 Å². The van der Waals surface area contributed by atoms with Crippen molar-refractivity contribution in [2.45, 2.75) is 11.7 Å². The summed E-state index contributed by atoms with van der Waals surface area (Å²) in [5.74, 6) is -2.51. The number of benzene rings is 1. The smallest absolute Gasteiger partial charge is 0.325 e. The first-order valence-corrected chi connectivity index (χ1v) is 12.4. The van der Waals surface area contributed by atoms with Gasteiger partial charge in [-0.1, -0.05) is 6.07 Å². The predicted octanol–water partition coefficient (Wildman–Crippen LogP) is 2.66. The zero-order chi connectivity index (χ0) is 22.2. The van der Waals surface area contributed by atoms with Gasteiger partial charge in [-0.2, -0.15) is 0 Å². The number of carbonyl (C=O) groups excluding carboxylic acids is 2. The van der Waals surface area contributed by atoms with E-state index in [0.717, 1.165) is 17.0 Å². The second kappa shape index (κ2) is 8.54. The standard InChI is InChI=1S/C20H21F2N3O4S2/c21-15-4-3-14(12-16(15)22)25-8-7-24(20(25)27)13-19(26)23-6-5-18(17-2-1-10-30-17)31(28,29)11-9-23/h1-4,10,12,18H,5-9,11,13H2. The molecule has 2 aromatic rings. The van der Waals surface area contributed by atoms with E-state index in [1.165, 1.54) is 32.1 Å². The molecular weight excluding hydrogens is 448 g/mol. The number of rotatable bonds is 4. The number of hydrogen-bond acceptors (Lipinski definition) is 5. The van der Waals surface area contributed by atoms with Crippen molar-refractivity contribution in [3.63, 3.8) is 0 Å². The van der Waals surface area contributed by atoms with Crippen LogP contribution in [-0.4, -0.2) is 68.6 Å². The van der Waals surface area contributed by atoms with Crippen molar-refractivity contribution in [2.24, 2.45) is 0 Å². The van der Waals surface area contributed by atoms with Crippen LogP contribution in [0, 0.1) is 11.6 Å². The van der Waals surface area contributed by atoms with Crippen molar-refractivity contribution in [1.29, 1.82) is 0 Å². The van der Waals surface area contributed by atoms with E-state index in [1.807, 2.05) is 5.38 Å². The normalized spacial score (nSPS) is 21.4. The molecule has 4 rings (SSSR count). The summed E-state index contributed by atoms with van der Waals surface area (Å²) >= 11 is 1.39. The lowest BCUT2D eigenvalue weighted by Gasteiger charge is -2.24. The van der Waals surface area contributed by atoms with E-state index in [2.05, 4.69) is 0 Å². The van der Waals surface area contributed by atoms with E-state index in [4.69, 9.17) is 0 Å². The highest BCUT2D eigenvalue weighted by Crippen LogP contribution is 2.32. The summed E-state index contributed by atoms with van der Waals surface area (Å²) in [6, 6.07) is 6.34. The third kappa shape index (κ3) is 4.42. The molecule has 11 heteroatoms. The van der Waals surface area contributed by atoms with E-state index < -0.39 is 32.8 Å². The highest BCUT2D eigenvalue weighted by Gasteiger charge is 2.36. The van der Waals surface area contributed by atoms with Gasteiger partial charge in [-0.05, 0) is 30.0 Å². The summed E-state index contributed by atoms with van der Waals surface area (Å²) in [6.07, 6.45) is 0.309. The maximum absolute atomic E-state index is 13.5. The molecule has 166 valence electrons. The minimum absolute atomic E-state index is 0.0813. The third-order valence-electron chi connectivity index (χ3n) is 5.59.